The lowest BCUT2D eigenvalue weighted by atomic mass is 10.1. The minimum Gasteiger partial charge on any atom is -0.342 e. The normalized spacial score (nSPS) is 11.9. The van der Waals surface area contributed by atoms with Gasteiger partial charge in [0.15, 0.2) is 0 Å². The van der Waals surface area contributed by atoms with Gasteiger partial charge >= 0.3 is 0 Å². The maximum Gasteiger partial charge on any atom is 0.104 e. The van der Waals surface area contributed by atoms with Crippen molar-refractivity contribution in [2.45, 2.75) is 33.1 Å². The molecule has 2 aromatic rings. The van der Waals surface area contributed by atoms with Crippen LogP contribution in [0.4, 0.5) is 0 Å². The van der Waals surface area contributed by atoms with Gasteiger partial charge in [0.1, 0.15) is 10.3 Å². The first-order valence-corrected chi connectivity index (χ1v) is 7.43. The molecule has 0 saturated heterocycles. The summed E-state index contributed by atoms with van der Waals surface area (Å²) in [5.74, 6) is 0.954. The Bertz CT molecular complexity index is 650. The summed E-state index contributed by atoms with van der Waals surface area (Å²) in [4.78, 5) is 7.81. The van der Waals surface area contributed by atoms with Crippen molar-refractivity contribution in [3.63, 3.8) is 0 Å². The van der Waals surface area contributed by atoms with Gasteiger partial charge in [0.05, 0.1) is 11.0 Å². The summed E-state index contributed by atoms with van der Waals surface area (Å²) in [7, 11) is 0. The number of aromatic nitrogens is 2. The molecule has 0 radical (unpaired) electrons. The molecular weight excluding hydrogens is 291 g/mol. The van der Waals surface area contributed by atoms with Crippen LogP contribution in [0, 0.1) is 6.92 Å². The van der Waals surface area contributed by atoms with E-state index in [0.29, 0.717) is 4.49 Å². The molecule has 0 aliphatic heterocycles. The topological polar surface area (TPSA) is 28.7 Å². The van der Waals surface area contributed by atoms with E-state index in [2.05, 4.69) is 41.2 Å². The first kappa shape index (κ1) is 15.1. The highest BCUT2D eigenvalue weighted by Crippen LogP contribution is 2.18. The average Bonchev–Trinajstić information content (AvgIpc) is 2.76. The molecule has 0 unspecified atom stereocenters. The van der Waals surface area contributed by atoms with Crippen molar-refractivity contribution in [1.82, 2.24) is 9.97 Å². The monoisotopic (exact) mass is 308 g/mol. The van der Waals surface area contributed by atoms with Crippen molar-refractivity contribution in [3.05, 3.63) is 51.8 Å². The second-order valence-electron chi connectivity index (χ2n) is 4.92. The minimum atomic E-state index is 0.342. The van der Waals surface area contributed by atoms with E-state index < -0.39 is 0 Å². The van der Waals surface area contributed by atoms with E-state index in [1.165, 1.54) is 11.1 Å². The van der Waals surface area contributed by atoms with Gasteiger partial charge in [0.2, 0.25) is 0 Å². The molecule has 0 spiro atoms. The fourth-order valence-electron chi connectivity index (χ4n) is 2.17. The third-order valence-electron chi connectivity index (χ3n) is 3.22. The number of benzene rings is 1. The van der Waals surface area contributed by atoms with Crippen LogP contribution in [-0.4, -0.2) is 9.97 Å². The largest absolute Gasteiger partial charge is 0.342 e. The summed E-state index contributed by atoms with van der Waals surface area (Å²) < 4.78 is 0.342. The number of hydrogen-bond donors (Lipinski definition) is 1. The number of aryl methyl sites for hydroxylation is 1. The molecule has 0 amide bonds. The highest BCUT2D eigenvalue weighted by atomic mass is 35.5. The van der Waals surface area contributed by atoms with Gasteiger partial charge in [0.25, 0.3) is 0 Å². The Hall–Kier alpha value is -1.25. The zero-order valence-corrected chi connectivity index (χ0v) is 13.2. The van der Waals surface area contributed by atoms with Crippen LogP contribution in [-0.2, 0) is 6.42 Å². The number of nitrogens with zero attached hydrogens (tertiary/aromatic N) is 1. The molecule has 0 aliphatic rings. The van der Waals surface area contributed by atoms with Gasteiger partial charge in [-0.1, -0.05) is 53.1 Å². The molecule has 0 aliphatic carbocycles. The fraction of sp³-hybridized carbons (Fsp3) is 0.312. The molecule has 0 saturated carbocycles. The Morgan fingerprint density at radius 3 is 2.85 bits per heavy atom. The molecule has 106 valence electrons. The van der Waals surface area contributed by atoms with Crippen LogP contribution in [0.5, 0.6) is 0 Å². The Balaban J connectivity index is 2.06. The van der Waals surface area contributed by atoms with Crippen molar-refractivity contribution < 1.29 is 0 Å². The first-order valence-electron chi connectivity index (χ1n) is 6.67. The van der Waals surface area contributed by atoms with E-state index in [-0.39, 0.29) is 0 Å². The first-order chi connectivity index (χ1) is 9.56. The van der Waals surface area contributed by atoms with Gasteiger partial charge in [0, 0.05) is 0 Å². The van der Waals surface area contributed by atoms with E-state index >= 15 is 0 Å². The Morgan fingerprint density at radius 2 is 2.10 bits per heavy atom. The van der Waals surface area contributed by atoms with Crippen LogP contribution in [0.25, 0.3) is 11.0 Å². The van der Waals surface area contributed by atoms with Crippen molar-refractivity contribution in [3.8, 4) is 0 Å². The Morgan fingerprint density at radius 1 is 1.30 bits per heavy atom. The average molecular weight is 309 g/mol. The second-order valence-corrected chi connectivity index (χ2v) is 5.93. The van der Waals surface area contributed by atoms with E-state index in [0.717, 1.165) is 36.1 Å². The van der Waals surface area contributed by atoms with Crippen molar-refractivity contribution in [2.75, 3.05) is 0 Å². The third-order valence-corrected chi connectivity index (χ3v) is 3.53. The number of H-pyrrole nitrogens is 1. The van der Waals surface area contributed by atoms with Gasteiger partial charge in [-0.15, -0.1) is 0 Å². The number of halogens is 2. The van der Waals surface area contributed by atoms with Crippen LogP contribution in [0.15, 0.2) is 40.4 Å². The van der Waals surface area contributed by atoms with E-state index in [1.54, 1.807) is 0 Å². The van der Waals surface area contributed by atoms with E-state index in [4.69, 9.17) is 23.2 Å². The quantitative estimate of drug-likeness (QED) is 0.730. The SMILES string of the molecule is C/C(=C\Cc1cccc2[nH]c(C)nc12)CCC=C(Cl)Cl. The molecule has 1 N–H and O–H groups in total. The smallest absolute Gasteiger partial charge is 0.104 e. The number of fused-ring (bicyclic) bond motifs is 1. The lowest BCUT2D eigenvalue weighted by Crippen LogP contribution is -1.86. The molecular formula is C16H18Cl2N2. The molecule has 2 rings (SSSR count). The number of allylic oxidation sites excluding steroid dienone is 3. The maximum absolute atomic E-state index is 5.60. The zero-order valence-electron chi connectivity index (χ0n) is 11.7. The number of nitrogens with one attached hydrogen (secondary N) is 1. The van der Waals surface area contributed by atoms with Gasteiger partial charge in [-0.3, -0.25) is 0 Å². The highest BCUT2D eigenvalue weighted by Gasteiger charge is 2.03. The predicted octanol–water partition coefficient (Wildman–Crippen LogP) is 5.46. The molecule has 0 bridgehead atoms. The highest BCUT2D eigenvalue weighted by molar-refractivity contribution is 6.55. The van der Waals surface area contributed by atoms with E-state index in [9.17, 15) is 0 Å². The van der Waals surface area contributed by atoms with Crippen LogP contribution in [0.1, 0.15) is 31.2 Å². The molecule has 4 heteroatoms. The third kappa shape index (κ3) is 4.12. The lowest BCUT2D eigenvalue weighted by Gasteiger charge is -2.01. The van der Waals surface area contributed by atoms with Crippen LogP contribution >= 0.6 is 23.2 Å². The number of rotatable bonds is 5. The molecule has 2 nitrogen and oxygen atoms in total. The van der Waals surface area contributed by atoms with Gasteiger partial charge in [-0.25, -0.2) is 4.98 Å². The molecule has 1 aromatic heterocycles. The van der Waals surface area contributed by atoms with Crippen molar-refractivity contribution in [2.24, 2.45) is 0 Å². The minimum absolute atomic E-state index is 0.342. The van der Waals surface area contributed by atoms with Crippen molar-refractivity contribution in [1.29, 1.82) is 0 Å². The lowest BCUT2D eigenvalue weighted by molar-refractivity contribution is 0.966. The number of para-hydroxylation sites is 1. The molecule has 0 atom stereocenters. The van der Waals surface area contributed by atoms with Crippen molar-refractivity contribution >= 4 is 34.2 Å². The summed E-state index contributed by atoms with van der Waals surface area (Å²) >= 11 is 11.2. The molecule has 1 heterocycles. The van der Waals surface area contributed by atoms with Crippen LogP contribution in [0.2, 0.25) is 0 Å². The number of imidazole rings is 1. The Kier molecular flexibility index (Phi) is 5.27. The Labute approximate surface area is 129 Å². The predicted molar refractivity (Wildman–Crippen MR) is 87.3 cm³/mol. The molecule has 0 fully saturated rings. The summed E-state index contributed by atoms with van der Waals surface area (Å²) in [5.41, 5.74) is 4.75. The summed E-state index contributed by atoms with van der Waals surface area (Å²) in [6.45, 7) is 4.11. The van der Waals surface area contributed by atoms with Gasteiger partial charge in [-0.2, -0.15) is 0 Å². The number of hydrogen-bond acceptors (Lipinski definition) is 1. The zero-order chi connectivity index (χ0) is 14.5. The molecule has 1 aromatic carbocycles. The summed E-state index contributed by atoms with van der Waals surface area (Å²) in [5, 5.41) is 0. The second kappa shape index (κ2) is 6.96. The van der Waals surface area contributed by atoms with E-state index in [1.807, 2.05) is 13.0 Å². The summed E-state index contributed by atoms with van der Waals surface area (Å²) in [6.07, 6.45) is 6.81. The summed E-state index contributed by atoms with van der Waals surface area (Å²) in [6, 6.07) is 6.25. The van der Waals surface area contributed by atoms with Crippen LogP contribution in [0.3, 0.4) is 0 Å². The van der Waals surface area contributed by atoms with Crippen LogP contribution < -0.4 is 0 Å². The maximum atomic E-state index is 5.60. The molecule has 20 heavy (non-hydrogen) atoms. The van der Waals surface area contributed by atoms with Gasteiger partial charge in [-0.05, 0) is 44.7 Å². The standard InChI is InChI=1S/C16H18Cl2N2/c1-11(5-3-8-15(17)18)9-10-13-6-4-7-14-16(13)20-12(2)19-14/h4,6-9H,3,5,10H2,1-2H3,(H,19,20)/b11-9+. The van der Waals surface area contributed by atoms with Gasteiger partial charge < -0.3 is 4.98 Å². The number of aromatic amines is 1. The fourth-order valence-corrected chi connectivity index (χ4v) is 2.39.